The number of hydrogen-bond acceptors (Lipinski definition) is 3. The Bertz CT molecular complexity index is 388. The Morgan fingerprint density at radius 1 is 1.25 bits per heavy atom. The molecule has 0 atom stereocenters. The fourth-order valence-corrected chi connectivity index (χ4v) is 2.85. The number of fused-ring (bicyclic) bond motifs is 1. The molecule has 88 valence electrons. The highest BCUT2D eigenvalue weighted by Gasteiger charge is 2.35. The van der Waals surface area contributed by atoms with Crippen LogP contribution in [0.4, 0.5) is 5.82 Å². The second-order valence-electron chi connectivity index (χ2n) is 5.52. The van der Waals surface area contributed by atoms with Gasteiger partial charge in [0, 0.05) is 42.9 Å². The standard InChI is InChI=1S/C12H20N4/c1-12(2)4-3-9-10(12)14-15-11(9)16-7-5-13-6-8-16/h13H,3-8H2,1-2H3,(H,14,15). The van der Waals surface area contributed by atoms with Crippen LogP contribution in [0.25, 0.3) is 0 Å². The first-order chi connectivity index (χ1) is 7.68. The van der Waals surface area contributed by atoms with Crippen molar-refractivity contribution in [1.29, 1.82) is 0 Å². The van der Waals surface area contributed by atoms with Gasteiger partial charge in [0.25, 0.3) is 0 Å². The summed E-state index contributed by atoms with van der Waals surface area (Å²) in [5.74, 6) is 1.21. The van der Waals surface area contributed by atoms with Crippen molar-refractivity contribution in [3.63, 3.8) is 0 Å². The minimum absolute atomic E-state index is 0.286. The van der Waals surface area contributed by atoms with Gasteiger partial charge in [-0.05, 0) is 12.8 Å². The van der Waals surface area contributed by atoms with E-state index in [2.05, 4.69) is 34.3 Å². The molecule has 0 radical (unpaired) electrons. The summed E-state index contributed by atoms with van der Waals surface area (Å²) in [6.07, 6.45) is 2.42. The van der Waals surface area contributed by atoms with Crippen LogP contribution in [0.3, 0.4) is 0 Å². The van der Waals surface area contributed by atoms with Gasteiger partial charge in [0.15, 0.2) is 5.82 Å². The van der Waals surface area contributed by atoms with Gasteiger partial charge in [-0.1, -0.05) is 13.8 Å². The maximum absolute atomic E-state index is 4.53. The molecule has 0 bridgehead atoms. The van der Waals surface area contributed by atoms with Gasteiger partial charge in [-0.2, -0.15) is 5.10 Å². The molecule has 0 aromatic carbocycles. The van der Waals surface area contributed by atoms with Crippen LogP contribution in [0.15, 0.2) is 0 Å². The second-order valence-corrected chi connectivity index (χ2v) is 5.52. The molecule has 1 fully saturated rings. The summed E-state index contributed by atoms with van der Waals surface area (Å²) in [7, 11) is 0. The molecule has 4 heteroatoms. The molecule has 1 aromatic heterocycles. The predicted octanol–water partition coefficient (Wildman–Crippen LogP) is 1.04. The van der Waals surface area contributed by atoms with Gasteiger partial charge in [0.2, 0.25) is 0 Å². The molecule has 2 aliphatic rings. The van der Waals surface area contributed by atoms with Gasteiger partial charge in [0.05, 0.1) is 0 Å². The average molecular weight is 220 g/mol. The first kappa shape index (κ1) is 10.1. The van der Waals surface area contributed by atoms with Crippen molar-refractivity contribution in [1.82, 2.24) is 15.5 Å². The third-order valence-electron chi connectivity index (χ3n) is 3.94. The number of nitrogens with one attached hydrogen (secondary N) is 2. The Morgan fingerprint density at radius 3 is 2.75 bits per heavy atom. The first-order valence-electron chi connectivity index (χ1n) is 6.22. The van der Waals surface area contributed by atoms with E-state index in [1.807, 2.05) is 0 Å². The van der Waals surface area contributed by atoms with Crippen molar-refractivity contribution in [3.05, 3.63) is 11.3 Å². The zero-order chi connectivity index (χ0) is 11.2. The van der Waals surface area contributed by atoms with Gasteiger partial charge >= 0.3 is 0 Å². The van der Waals surface area contributed by atoms with Crippen molar-refractivity contribution in [3.8, 4) is 0 Å². The van der Waals surface area contributed by atoms with Gasteiger partial charge < -0.3 is 10.2 Å². The summed E-state index contributed by atoms with van der Waals surface area (Å²) in [5.41, 5.74) is 3.11. The predicted molar refractivity (Wildman–Crippen MR) is 65.0 cm³/mol. The van der Waals surface area contributed by atoms with Crippen LogP contribution in [-0.4, -0.2) is 36.4 Å². The summed E-state index contributed by atoms with van der Waals surface area (Å²) in [6.45, 7) is 8.92. The summed E-state index contributed by atoms with van der Waals surface area (Å²) in [5, 5.41) is 11.2. The van der Waals surface area contributed by atoms with Crippen LogP contribution < -0.4 is 10.2 Å². The third kappa shape index (κ3) is 1.44. The number of rotatable bonds is 1. The van der Waals surface area contributed by atoms with Crippen molar-refractivity contribution in [2.24, 2.45) is 0 Å². The Hall–Kier alpha value is -1.03. The van der Waals surface area contributed by atoms with Crippen LogP contribution in [0.1, 0.15) is 31.5 Å². The van der Waals surface area contributed by atoms with Crippen molar-refractivity contribution in [2.75, 3.05) is 31.1 Å². The van der Waals surface area contributed by atoms with E-state index in [0.717, 1.165) is 26.2 Å². The number of aromatic amines is 1. The molecular formula is C12H20N4. The van der Waals surface area contributed by atoms with E-state index in [9.17, 15) is 0 Å². The maximum Gasteiger partial charge on any atom is 0.153 e. The topological polar surface area (TPSA) is 44.0 Å². The van der Waals surface area contributed by atoms with Gasteiger partial charge in [0.1, 0.15) is 0 Å². The lowest BCUT2D eigenvalue weighted by Gasteiger charge is -2.28. The number of nitrogens with zero attached hydrogens (tertiary/aromatic N) is 2. The first-order valence-corrected chi connectivity index (χ1v) is 6.22. The molecular weight excluding hydrogens is 200 g/mol. The highest BCUT2D eigenvalue weighted by molar-refractivity contribution is 5.53. The Kier molecular flexibility index (Phi) is 2.21. The average Bonchev–Trinajstić information content (AvgIpc) is 2.82. The fourth-order valence-electron chi connectivity index (χ4n) is 2.85. The molecule has 0 spiro atoms. The second kappa shape index (κ2) is 3.48. The fraction of sp³-hybridized carbons (Fsp3) is 0.750. The lowest BCUT2D eigenvalue weighted by molar-refractivity contribution is 0.503. The molecule has 1 aliphatic carbocycles. The van der Waals surface area contributed by atoms with E-state index < -0.39 is 0 Å². The minimum atomic E-state index is 0.286. The van der Waals surface area contributed by atoms with Gasteiger partial charge in [-0.3, -0.25) is 5.10 Å². The molecule has 2 N–H and O–H groups in total. The van der Waals surface area contributed by atoms with Gasteiger partial charge in [-0.15, -0.1) is 0 Å². The number of anilines is 1. The monoisotopic (exact) mass is 220 g/mol. The largest absolute Gasteiger partial charge is 0.352 e. The summed E-state index contributed by atoms with van der Waals surface area (Å²) >= 11 is 0. The van der Waals surface area contributed by atoms with Crippen LogP contribution in [-0.2, 0) is 11.8 Å². The molecule has 0 amide bonds. The maximum atomic E-state index is 4.53. The molecule has 2 heterocycles. The van der Waals surface area contributed by atoms with Crippen molar-refractivity contribution < 1.29 is 0 Å². The van der Waals surface area contributed by atoms with E-state index in [-0.39, 0.29) is 5.41 Å². The minimum Gasteiger partial charge on any atom is -0.352 e. The number of hydrogen-bond donors (Lipinski definition) is 2. The smallest absolute Gasteiger partial charge is 0.153 e. The van der Waals surface area contributed by atoms with Crippen LogP contribution >= 0.6 is 0 Å². The highest BCUT2D eigenvalue weighted by atomic mass is 15.3. The normalized spacial score (nSPS) is 23.5. The van der Waals surface area contributed by atoms with Crippen LogP contribution in [0.2, 0.25) is 0 Å². The Balaban J connectivity index is 1.92. The van der Waals surface area contributed by atoms with Crippen molar-refractivity contribution >= 4 is 5.82 Å². The quantitative estimate of drug-likeness (QED) is 0.743. The Morgan fingerprint density at radius 2 is 2.00 bits per heavy atom. The summed E-state index contributed by atoms with van der Waals surface area (Å²) < 4.78 is 0. The zero-order valence-corrected chi connectivity index (χ0v) is 10.1. The van der Waals surface area contributed by atoms with E-state index in [1.54, 1.807) is 0 Å². The number of piperazine rings is 1. The van der Waals surface area contributed by atoms with Crippen LogP contribution in [0, 0.1) is 0 Å². The molecule has 1 aromatic rings. The van der Waals surface area contributed by atoms with Crippen molar-refractivity contribution in [2.45, 2.75) is 32.1 Å². The van der Waals surface area contributed by atoms with Crippen LogP contribution in [0.5, 0.6) is 0 Å². The lowest BCUT2D eigenvalue weighted by atomic mass is 9.91. The molecule has 4 nitrogen and oxygen atoms in total. The lowest BCUT2D eigenvalue weighted by Crippen LogP contribution is -2.44. The molecule has 16 heavy (non-hydrogen) atoms. The number of H-pyrrole nitrogens is 1. The van der Waals surface area contributed by atoms with E-state index in [1.165, 1.54) is 29.9 Å². The molecule has 0 saturated carbocycles. The molecule has 0 unspecified atom stereocenters. The highest BCUT2D eigenvalue weighted by Crippen LogP contribution is 2.40. The molecule has 3 rings (SSSR count). The van der Waals surface area contributed by atoms with E-state index in [0.29, 0.717) is 0 Å². The third-order valence-corrected chi connectivity index (χ3v) is 3.94. The SMILES string of the molecule is CC1(C)CCc2c(N3CCNCC3)n[nH]c21. The van der Waals surface area contributed by atoms with Gasteiger partial charge in [-0.25, -0.2) is 0 Å². The Labute approximate surface area is 96.4 Å². The van der Waals surface area contributed by atoms with E-state index >= 15 is 0 Å². The molecule has 1 saturated heterocycles. The number of aromatic nitrogens is 2. The van der Waals surface area contributed by atoms with E-state index in [4.69, 9.17) is 0 Å². The summed E-state index contributed by atoms with van der Waals surface area (Å²) in [4.78, 5) is 2.41. The zero-order valence-electron chi connectivity index (χ0n) is 10.1. The summed E-state index contributed by atoms with van der Waals surface area (Å²) in [6, 6.07) is 0. The molecule has 1 aliphatic heterocycles.